The molecule has 132 valence electrons. The number of aromatic nitrogens is 1. The summed E-state index contributed by atoms with van der Waals surface area (Å²) in [6.07, 6.45) is -0.887. The number of nitrogens with zero attached hydrogens (tertiary/aromatic N) is 2. The van der Waals surface area contributed by atoms with Gasteiger partial charge in [0.25, 0.3) is 6.01 Å². The number of rotatable bonds is 2. The summed E-state index contributed by atoms with van der Waals surface area (Å²) in [7, 11) is 0. The van der Waals surface area contributed by atoms with Crippen molar-refractivity contribution in [3.63, 3.8) is 0 Å². The van der Waals surface area contributed by atoms with Gasteiger partial charge in [-0.25, -0.2) is 0 Å². The quantitative estimate of drug-likeness (QED) is 0.708. The van der Waals surface area contributed by atoms with Gasteiger partial charge >= 0.3 is 0 Å². The zero-order chi connectivity index (χ0) is 18.5. The van der Waals surface area contributed by atoms with E-state index in [-0.39, 0.29) is 6.01 Å². The lowest BCUT2D eigenvalue weighted by Gasteiger charge is -2.42. The summed E-state index contributed by atoms with van der Waals surface area (Å²) < 4.78 is 11.6. The molecule has 6 nitrogen and oxygen atoms in total. The van der Waals surface area contributed by atoms with E-state index in [1.54, 1.807) is 50.2 Å². The number of hydrogen-bond acceptors (Lipinski definition) is 6. The highest BCUT2D eigenvalue weighted by molar-refractivity contribution is 6.31. The average Bonchev–Trinajstić information content (AvgIpc) is 3.00. The molecule has 0 spiro atoms. The first-order valence-corrected chi connectivity index (χ1v) is 8.49. The number of oxazole rings is 1. The third-order valence-electron chi connectivity index (χ3n) is 4.50. The molecule has 0 saturated heterocycles. The molecule has 26 heavy (non-hydrogen) atoms. The van der Waals surface area contributed by atoms with Crippen LogP contribution in [-0.4, -0.2) is 21.8 Å². The van der Waals surface area contributed by atoms with Crippen molar-refractivity contribution < 1.29 is 14.3 Å². The molecular weight excluding hydrogens is 354 g/mol. The summed E-state index contributed by atoms with van der Waals surface area (Å²) >= 11 is 5.99. The van der Waals surface area contributed by atoms with Crippen LogP contribution in [0.5, 0.6) is 5.75 Å². The molecule has 2 aromatic carbocycles. The molecule has 7 heteroatoms. The lowest BCUT2D eigenvalue weighted by molar-refractivity contribution is -0.0536. The zero-order valence-corrected chi connectivity index (χ0v) is 14.9. The van der Waals surface area contributed by atoms with Crippen molar-refractivity contribution in [1.82, 2.24) is 4.98 Å². The summed E-state index contributed by atoms with van der Waals surface area (Å²) in [6, 6.07) is 12.1. The van der Waals surface area contributed by atoms with Crippen molar-refractivity contribution in [3.05, 3.63) is 52.5 Å². The Balaban J connectivity index is 1.77. The summed E-state index contributed by atoms with van der Waals surface area (Å²) in [4.78, 5) is 4.39. The second-order valence-corrected chi connectivity index (χ2v) is 7.20. The summed E-state index contributed by atoms with van der Waals surface area (Å²) in [6.45, 7) is 3.61. The lowest BCUT2D eigenvalue weighted by Crippen LogP contribution is -2.50. The Labute approximate surface area is 155 Å². The molecule has 2 N–H and O–H groups in total. The van der Waals surface area contributed by atoms with E-state index in [1.807, 2.05) is 0 Å². The number of ether oxygens (including phenoxy) is 1. The Morgan fingerprint density at radius 2 is 2.08 bits per heavy atom. The van der Waals surface area contributed by atoms with Gasteiger partial charge in [-0.1, -0.05) is 11.6 Å². The number of nitriles is 1. The van der Waals surface area contributed by atoms with E-state index in [9.17, 15) is 10.4 Å². The predicted molar refractivity (Wildman–Crippen MR) is 97.3 cm³/mol. The molecule has 0 bridgehead atoms. The smallest absolute Gasteiger partial charge is 0.296 e. The van der Waals surface area contributed by atoms with Crippen LogP contribution in [0.4, 0.5) is 6.01 Å². The molecule has 2 heterocycles. The van der Waals surface area contributed by atoms with Crippen molar-refractivity contribution >= 4 is 28.7 Å². The van der Waals surface area contributed by atoms with Gasteiger partial charge < -0.3 is 19.6 Å². The molecular formula is C19H16ClN3O3. The number of anilines is 1. The summed E-state index contributed by atoms with van der Waals surface area (Å²) in [5, 5.41) is 23.7. The monoisotopic (exact) mass is 369 g/mol. The summed E-state index contributed by atoms with van der Waals surface area (Å²) in [5.41, 5.74) is 1.54. The molecule has 3 aromatic rings. The number of hydrogen-bond donors (Lipinski definition) is 2. The lowest BCUT2D eigenvalue weighted by atomic mass is 9.86. The van der Waals surface area contributed by atoms with Crippen LogP contribution in [0, 0.1) is 11.3 Å². The van der Waals surface area contributed by atoms with Crippen LogP contribution in [0.1, 0.15) is 31.0 Å². The van der Waals surface area contributed by atoms with Gasteiger partial charge in [-0.3, -0.25) is 0 Å². The zero-order valence-electron chi connectivity index (χ0n) is 14.2. The number of halogens is 1. The second kappa shape index (κ2) is 5.90. The Hall–Kier alpha value is -2.75. The van der Waals surface area contributed by atoms with Gasteiger partial charge in [-0.2, -0.15) is 10.2 Å². The Bertz CT molecular complexity index is 1040. The SMILES string of the molecule is CC1(C)Oc2ccc(C#N)cc2[C@@H](Nc2nc3cc(Cl)ccc3o2)[C@@H]1O. The van der Waals surface area contributed by atoms with Crippen molar-refractivity contribution in [2.45, 2.75) is 31.6 Å². The first-order chi connectivity index (χ1) is 12.4. The third kappa shape index (κ3) is 2.75. The van der Waals surface area contributed by atoms with Crippen LogP contribution >= 0.6 is 11.6 Å². The Kier molecular flexibility index (Phi) is 3.79. The van der Waals surface area contributed by atoms with Crippen LogP contribution in [0.25, 0.3) is 11.1 Å². The highest BCUT2D eigenvalue weighted by Gasteiger charge is 2.43. The first-order valence-electron chi connectivity index (χ1n) is 8.11. The van der Waals surface area contributed by atoms with Gasteiger partial charge in [0.15, 0.2) is 5.58 Å². The molecule has 2 atom stereocenters. The summed E-state index contributed by atoms with van der Waals surface area (Å²) in [5.74, 6) is 0.607. The van der Waals surface area contributed by atoms with Crippen LogP contribution in [0.2, 0.25) is 5.02 Å². The average molecular weight is 370 g/mol. The molecule has 0 radical (unpaired) electrons. The molecule has 1 aromatic heterocycles. The fourth-order valence-corrected chi connectivity index (χ4v) is 3.29. The number of benzene rings is 2. The third-order valence-corrected chi connectivity index (χ3v) is 4.74. The molecule has 0 saturated carbocycles. The number of fused-ring (bicyclic) bond motifs is 2. The van der Waals surface area contributed by atoms with E-state index in [2.05, 4.69) is 16.4 Å². The normalized spacial score (nSPS) is 20.9. The topological polar surface area (TPSA) is 91.3 Å². The van der Waals surface area contributed by atoms with Gasteiger partial charge in [0.05, 0.1) is 17.7 Å². The van der Waals surface area contributed by atoms with Crippen molar-refractivity contribution in [3.8, 4) is 11.8 Å². The number of aliphatic hydroxyl groups is 1. The van der Waals surface area contributed by atoms with E-state index in [1.165, 1.54) is 0 Å². The van der Waals surface area contributed by atoms with Gasteiger partial charge in [-0.15, -0.1) is 0 Å². The van der Waals surface area contributed by atoms with Gasteiger partial charge in [0.2, 0.25) is 0 Å². The minimum atomic E-state index is -0.887. The Morgan fingerprint density at radius 1 is 1.27 bits per heavy atom. The van der Waals surface area contributed by atoms with Crippen LogP contribution in [-0.2, 0) is 0 Å². The number of nitrogens with one attached hydrogen (secondary N) is 1. The van der Waals surface area contributed by atoms with Crippen molar-refractivity contribution in [1.29, 1.82) is 5.26 Å². The molecule has 1 aliphatic heterocycles. The van der Waals surface area contributed by atoms with Crippen molar-refractivity contribution in [2.75, 3.05) is 5.32 Å². The maximum Gasteiger partial charge on any atom is 0.296 e. The largest absolute Gasteiger partial charge is 0.485 e. The maximum atomic E-state index is 10.8. The molecule has 4 rings (SSSR count). The fraction of sp³-hybridized carbons (Fsp3) is 0.263. The van der Waals surface area contributed by atoms with E-state index in [4.69, 9.17) is 20.8 Å². The van der Waals surface area contributed by atoms with Crippen molar-refractivity contribution in [2.24, 2.45) is 0 Å². The van der Waals surface area contributed by atoms with E-state index < -0.39 is 17.7 Å². The Morgan fingerprint density at radius 3 is 2.85 bits per heavy atom. The van der Waals surface area contributed by atoms with Crippen LogP contribution in [0.3, 0.4) is 0 Å². The second-order valence-electron chi connectivity index (χ2n) is 6.77. The van der Waals surface area contributed by atoms with E-state index in [0.29, 0.717) is 33.0 Å². The minimum Gasteiger partial charge on any atom is -0.485 e. The molecule has 0 unspecified atom stereocenters. The van der Waals surface area contributed by atoms with E-state index in [0.717, 1.165) is 0 Å². The van der Waals surface area contributed by atoms with Gasteiger partial charge in [0.1, 0.15) is 23.0 Å². The fourth-order valence-electron chi connectivity index (χ4n) is 3.12. The van der Waals surface area contributed by atoms with E-state index >= 15 is 0 Å². The molecule has 1 aliphatic rings. The van der Waals surface area contributed by atoms with Crippen LogP contribution in [0.15, 0.2) is 40.8 Å². The highest BCUT2D eigenvalue weighted by atomic mass is 35.5. The van der Waals surface area contributed by atoms with Gasteiger partial charge in [0, 0.05) is 10.6 Å². The standard InChI is InChI=1S/C19H16ClN3O3/c1-19(2)17(24)16(12-7-10(9-21)3-5-14(12)26-19)23-18-22-13-8-11(20)4-6-15(13)25-18/h3-8,16-17,24H,1-2H3,(H,22,23)/t16-,17+/m1/s1. The van der Waals surface area contributed by atoms with Gasteiger partial charge in [-0.05, 0) is 50.2 Å². The molecule has 0 fully saturated rings. The minimum absolute atomic E-state index is 0.261. The highest BCUT2D eigenvalue weighted by Crippen LogP contribution is 2.42. The van der Waals surface area contributed by atoms with Crippen LogP contribution < -0.4 is 10.1 Å². The number of aliphatic hydroxyl groups excluding tert-OH is 1. The maximum absolute atomic E-state index is 10.8. The first kappa shape index (κ1) is 16.7. The predicted octanol–water partition coefficient (Wildman–Crippen LogP) is 4.04. The molecule has 0 aliphatic carbocycles. The molecule has 0 amide bonds.